The van der Waals surface area contributed by atoms with Gasteiger partial charge >= 0.3 is 0 Å². The molecule has 0 aliphatic carbocycles. The third kappa shape index (κ3) is 4.46. The minimum Gasteiger partial charge on any atom is -0.365 e. The summed E-state index contributed by atoms with van der Waals surface area (Å²) in [5.74, 6) is -1.33. The van der Waals surface area contributed by atoms with Crippen LogP contribution in [0.1, 0.15) is 45.2 Å². The molecule has 3 aromatic carbocycles. The van der Waals surface area contributed by atoms with Crippen molar-refractivity contribution in [3.8, 4) is 5.69 Å². The van der Waals surface area contributed by atoms with E-state index in [0.29, 0.717) is 23.4 Å². The van der Waals surface area contributed by atoms with Crippen LogP contribution in [0.25, 0.3) is 16.6 Å². The van der Waals surface area contributed by atoms with Gasteiger partial charge in [-0.3, -0.25) is 9.59 Å². The fourth-order valence-corrected chi connectivity index (χ4v) is 6.99. The number of nitrogens with two attached hydrogens (primary N) is 1. The van der Waals surface area contributed by atoms with Crippen LogP contribution in [0.4, 0.5) is 10.1 Å². The molecule has 0 spiro atoms. The van der Waals surface area contributed by atoms with Crippen LogP contribution in [-0.4, -0.2) is 32.6 Å². The summed E-state index contributed by atoms with van der Waals surface area (Å²) in [7, 11) is 0. The first-order valence-electron chi connectivity index (χ1n) is 13.2. The molecular weight excluding hydrogens is 525 g/mol. The van der Waals surface area contributed by atoms with Gasteiger partial charge in [-0.1, -0.05) is 37.3 Å². The van der Waals surface area contributed by atoms with Crippen LogP contribution in [0.2, 0.25) is 0 Å². The molecule has 2 aromatic heterocycles. The maximum absolute atomic E-state index is 14.2. The number of rotatable bonds is 7. The third-order valence-electron chi connectivity index (χ3n) is 7.67. The Hall–Kier alpha value is -4.37. The van der Waals surface area contributed by atoms with E-state index in [-0.39, 0.29) is 29.6 Å². The van der Waals surface area contributed by atoms with Crippen LogP contribution < -0.4 is 10.6 Å². The number of hydrogen-bond donors (Lipinski definition) is 1. The number of anilines is 1. The minimum atomic E-state index is -0.501. The van der Waals surface area contributed by atoms with Crippen molar-refractivity contribution in [2.45, 2.75) is 38.6 Å². The van der Waals surface area contributed by atoms with Crippen molar-refractivity contribution in [1.29, 1.82) is 0 Å². The van der Waals surface area contributed by atoms with Crippen LogP contribution in [0.5, 0.6) is 0 Å². The molecule has 6 rings (SSSR count). The molecule has 0 radical (unpaired) electrons. The summed E-state index contributed by atoms with van der Waals surface area (Å²) in [5.41, 5.74) is 9.69. The highest BCUT2D eigenvalue weighted by atomic mass is 32.1. The Morgan fingerprint density at radius 3 is 2.45 bits per heavy atom. The second-order valence-electron chi connectivity index (χ2n) is 10.1. The zero-order chi connectivity index (χ0) is 28.0. The Kier molecular flexibility index (Phi) is 6.67. The number of hydrogen-bond acceptors (Lipinski definition) is 5. The molecule has 2 N–H and O–H groups in total. The summed E-state index contributed by atoms with van der Waals surface area (Å²) in [6.45, 7) is 3.86. The van der Waals surface area contributed by atoms with Gasteiger partial charge in [0.15, 0.2) is 0 Å². The summed E-state index contributed by atoms with van der Waals surface area (Å²) in [6.07, 6.45) is 3.03. The SMILES string of the molecule is CCC1C(c2nc(C)c(C(N)=O)s2)C(Cc2ccccc2)C(=O)N1c1ccc2c(cnn2-c2ccc(F)cc2)c1. The van der Waals surface area contributed by atoms with Gasteiger partial charge in [-0.2, -0.15) is 5.10 Å². The lowest BCUT2D eigenvalue weighted by Crippen LogP contribution is -2.34. The van der Waals surface area contributed by atoms with Crippen molar-refractivity contribution in [2.24, 2.45) is 11.7 Å². The molecule has 1 aliphatic heterocycles. The molecule has 1 fully saturated rings. The number of primary amides is 1. The first-order valence-corrected chi connectivity index (χ1v) is 14.0. The molecule has 5 aromatic rings. The van der Waals surface area contributed by atoms with E-state index in [9.17, 15) is 14.0 Å². The Morgan fingerprint density at radius 1 is 1.05 bits per heavy atom. The normalized spacial score (nSPS) is 19.0. The number of benzene rings is 3. The van der Waals surface area contributed by atoms with E-state index in [0.717, 1.165) is 32.8 Å². The largest absolute Gasteiger partial charge is 0.365 e. The smallest absolute Gasteiger partial charge is 0.260 e. The molecule has 0 bridgehead atoms. The first-order chi connectivity index (χ1) is 19.4. The van der Waals surface area contributed by atoms with E-state index in [1.54, 1.807) is 29.9 Å². The van der Waals surface area contributed by atoms with Gasteiger partial charge in [-0.15, -0.1) is 11.3 Å². The molecule has 3 heterocycles. The number of thiazole rings is 1. The maximum atomic E-state index is 14.2. The monoisotopic (exact) mass is 553 g/mol. The Balaban J connectivity index is 1.42. The maximum Gasteiger partial charge on any atom is 0.260 e. The fourth-order valence-electron chi connectivity index (χ4n) is 5.85. The number of nitrogens with zero attached hydrogens (tertiary/aromatic N) is 4. The molecule has 9 heteroatoms. The standard InChI is InChI=1S/C31H28FN5O2S/c1-3-25-27(30-35-18(2)28(40-30)29(33)38)24(15-19-7-5-4-6-8-19)31(39)36(25)23-13-14-26-20(16-23)17-34-37(26)22-11-9-21(32)10-12-22/h4-14,16-17,24-25,27H,3,15H2,1-2H3,(H2,33,38). The average Bonchev–Trinajstić information content (AvgIpc) is 3.63. The molecule has 3 atom stereocenters. The van der Waals surface area contributed by atoms with Gasteiger partial charge in [-0.25, -0.2) is 14.1 Å². The predicted octanol–water partition coefficient (Wildman–Crippen LogP) is 5.80. The molecule has 3 unspecified atom stereocenters. The minimum absolute atomic E-state index is 0.0273. The molecular formula is C31H28FN5O2S. The fraction of sp³-hybridized carbons (Fsp3) is 0.226. The highest BCUT2D eigenvalue weighted by Crippen LogP contribution is 2.46. The lowest BCUT2D eigenvalue weighted by Gasteiger charge is -2.27. The van der Waals surface area contributed by atoms with E-state index in [1.807, 2.05) is 53.4 Å². The van der Waals surface area contributed by atoms with Crippen molar-refractivity contribution >= 4 is 39.7 Å². The second-order valence-corrected chi connectivity index (χ2v) is 11.1. The molecule has 202 valence electrons. The van der Waals surface area contributed by atoms with Crippen molar-refractivity contribution in [3.05, 3.63) is 106 Å². The van der Waals surface area contributed by atoms with Crippen molar-refractivity contribution in [3.63, 3.8) is 0 Å². The zero-order valence-electron chi connectivity index (χ0n) is 22.1. The van der Waals surface area contributed by atoms with E-state index >= 15 is 0 Å². The lowest BCUT2D eigenvalue weighted by atomic mass is 9.85. The van der Waals surface area contributed by atoms with Gasteiger partial charge in [0.1, 0.15) is 10.7 Å². The Labute approximate surface area is 235 Å². The van der Waals surface area contributed by atoms with Gasteiger partial charge in [0, 0.05) is 23.0 Å². The highest BCUT2D eigenvalue weighted by Gasteiger charge is 2.50. The van der Waals surface area contributed by atoms with Crippen LogP contribution >= 0.6 is 11.3 Å². The number of fused-ring (bicyclic) bond motifs is 1. The van der Waals surface area contributed by atoms with E-state index in [1.165, 1.54) is 23.5 Å². The second kappa shape index (κ2) is 10.3. The van der Waals surface area contributed by atoms with E-state index < -0.39 is 5.91 Å². The first kappa shape index (κ1) is 25.9. The van der Waals surface area contributed by atoms with Crippen molar-refractivity contribution < 1.29 is 14.0 Å². The Bertz CT molecular complexity index is 1710. The molecule has 0 saturated carbocycles. The van der Waals surface area contributed by atoms with Gasteiger partial charge in [0.2, 0.25) is 5.91 Å². The number of halogens is 1. The van der Waals surface area contributed by atoms with Gasteiger partial charge in [0.05, 0.1) is 34.0 Å². The van der Waals surface area contributed by atoms with Crippen LogP contribution in [0.3, 0.4) is 0 Å². The topological polar surface area (TPSA) is 94.1 Å². The Morgan fingerprint density at radius 2 is 1.77 bits per heavy atom. The van der Waals surface area contributed by atoms with Crippen molar-refractivity contribution in [1.82, 2.24) is 14.8 Å². The van der Waals surface area contributed by atoms with Crippen LogP contribution in [0, 0.1) is 18.7 Å². The zero-order valence-corrected chi connectivity index (χ0v) is 22.9. The molecule has 1 saturated heterocycles. The molecule has 2 amide bonds. The molecule has 40 heavy (non-hydrogen) atoms. The number of carbonyl (C=O) groups is 2. The van der Waals surface area contributed by atoms with Gasteiger partial charge in [0.25, 0.3) is 5.91 Å². The average molecular weight is 554 g/mol. The number of aromatic nitrogens is 3. The predicted molar refractivity (Wildman–Crippen MR) is 154 cm³/mol. The summed E-state index contributed by atoms with van der Waals surface area (Å²) < 4.78 is 15.2. The van der Waals surface area contributed by atoms with Gasteiger partial charge < -0.3 is 10.6 Å². The summed E-state index contributed by atoms with van der Waals surface area (Å²) >= 11 is 1.30. The molecule has 1 aliphatic rings. The van der Waals surface area contributed by atoms with Crippen LogP contribution in [-0.2, 0) is 11.2 Å². The van der Waals surface area contributed by atoms with Crippen LogP contribution in [0.15, 0.2) is 79.0 Å². The van der Waals surface area contributed by atoms with Crippen molar-refractivity contribution in [2.75, 3.05) is 4.90 Å². The van der Waals surface area contributed by atoms with Gasteiger partial charge in [-0.05, 0) is 67.8 Å². The summed E-state index contributed by atoms with van der Waals surface area (Å²) in [4.78, 5) is 33.4. The summed E-state index contributed by atoms with van der Waals surface area (Å²) in [5, 5.41) is 6.16. The lowest BCUT2D eigenvalue weighted by molar-refractivity contribution is -0.120. The summed E-state index contributed by atoms with van der Waals surface area (Å²) in [6, 6.07) is 21.9. The number of aryl methyl sites for hydroxylation is 1. The van der Waals surface area contributed by atoms with E-state index in [2.05, 4.69) is 12.0 Å². The van der Waals surface area contributed by atoms with E-state index in [4.69, 9.17) is 10.7 Å². The third-order valence-corrected chi connectivity index (χ3v) is 8.95. The molecule has 7 nitrogen and oxygen atoms in total. The number of carbonyl (C=O) groups excluding carboxylic acids is 2. The number of amides is 2. The quantitative estimate of drug-likeness (QED) is 0.276. The highest BCUT2D eigenvalue weighted by molar-refractivity contribution is 7.13.